The van der Waals surface area contributed by atoms with E-state index in [1.165, 1.54) is 0 Å². The summed E-state index contributed by atoms with van der Waals surface area (Å²) in [7, 11) is 0. The summed E-state index contributed by atoms with van der Waals surface area (Å²) in [5.74, 6) is -1.06. The largest absolute Gasteiger partial charge is 0.371 e. The Balaban J connectivity index is 0. The number of hydrogen-bond donors (Lipinski definition) is 0. The van der Waals surface area contributed by atoms with Crippen molar-refractivity contribution in [3.05, 3.63) is 12.7 Å². The standard InChI is InChI=1S/C3H3FO2.Ni/c1-2-3(5)6-4;/h2H,1H2;. The number of hydrogen-bond acceptors (Lipinski definition) is 2. The molecule has 0 fully saturated rings. The molecule has 0 spiro atoms. The van der Waals surface area contributed by atoms with E-state index in [0.29, 0.717) is 0 Å². The molecule has 2 nitrogen and oxygen atoms in total. The van der Waals surface area contributed by atoms with Crippen LogP contribution in [-0.4, -0.2) is 5.97 Å². The molecule has 4 heteroatoms. The zero-order valence-electron chi connectivity index (χ0n) is 3.30. The molecular formula is C3H3FNiO2. The fourth-order valence-corrected chi connectivity index (χ4v) is 0.0315. The molecule has 0 amide bonds. The van der Waals surface area contributed by atoms with Gasteiger partial charge in [-0.15, -0.1) is 0 Å². The van der Waals surface area contributed by atoms with Gasteiger partial charge in [-0.25, -0.2) is 4.79 Å². The molecule has 0 atom stereocenters. The first-order valence-corrected chi connectivity index (χ1v) is 1.26. The molecule has 0 aromatic rings. The van der Waals surface area contributed by atoms with Gasteiger partial charge in [0.15, 0.2) is 0 Å². The Kier molecular flexibility index (Phi) is 7.89. The third-order valence-corrected chi connectivity index (χ3v) is 0.243. The molecule has 0 saturated carbocycles. The molecule has 44 valence electrons. The minimum atomic E-state index is -1.06. The maximum Gasteiger partial charge on any atom is 0.371 e. The van der Waals surface area contributed by atoms with Crippen LogP contribution in [0.15, 0.2) is 12.7 Å². The van der Waals surface area contributed by atoms with Gasteiger partial charge in [0.05, 0.1) is 0 Å². The van der Waals surface area contributed by atoms with E-state index in [4.69, 9.17) is 0 Å². The van der Waals surface area contributed by atoms with E-state index in [2.05, 4.69) is 11.5 Å². The molecule has 0 rings (SSSR count). The Hall–Kier alpha value is -0.366. The monoisotopic (exact) mass is 148 g/mol. The van der Waals surface area contributed by atoms with Crippen LogP contribution in [0.5, 0.6) is 0 Å². The van der Waals surface area contributed by atoms with Gasteiger partial charge in [-0.2, -0.15) is 0 Å². The Bertz CT molecular complexity index is 73.3. The Morgan fingerprint density at radius 2 is 2.29 bits per heavy atom. The van der Waals surface area contributed by atoms with Crippen molar-refractivity contribution in [1.29, 1.82) is 0 Å². The molecule has 0 aliphatic heterocycles. The van der Waals surface area contributed by atoms with Gasteiger partial charge in [-0.1, -0.05) is 6.58 Å². The maximum atomic E-state index is 10.5. The molecule has 0 unspecified atom stereocenters. The van der Waals surface area contributed by atoms with E-state index >= 15 is 0 Å². The quantitative estimate of drug-likeness (QED) is 0.402. The third kappa shape index (κ3) is 5.63. The average molecular weight is 149 g/mol. The minimum absolute atomic E-state index is 0. The van der Waals surface area contributed by atoms with Crippen LogP contribution < -0.4 is 0 Å². The van der Waals surface area contributed by atoms with Crippen molar-refractivity contribution < 1.29 is 30.8 Å². The molecule has 0 aliphatic carbocycles. The van der Waals surface area contributed by atoms with Crippen molar-refractivity contribution in [2.75, 3.05) is 0 Å². The third-order valence-electron chi connectivity index (χ3n) is 0.243. The average Bonchev–Trinajstić information content (AvgIpc) is 1.65. The Labute approximate surface area is 50.2 Å². The summed E-state index contributed by atoms with van der Waals surface area (Å²) in [4.78, 5) is 12.1. The van der Waals surface area contributed by atoms with Gasteiger partial charge < -0.3 is 0 Å². The second kappa shape index (κ2) is 5.63. The van der Waals surface area contributed by atoms with Crippen molar-refractivity contribution in [1.82, 2.24) is 0 Å². The summed E-state index contributed by atoms with van der Waals surface area (Å²) in [6.07, 6.45) is 0.736. The zero-order valence-corrected chi connectivity index (χ0v) is 4.28. The first-order chi connectivity index (χ1) is 2.81. The molecule has 0 radical (unpaired) electrons. The predicted molar refractivity (Wildman–Crippen MR) is 17.4 cm³/mol. The predicted octanol–water partition coefficient (Wildman–Crippen LogP) is 0.598. The van der Waals surface area contributed by atoms with E-state index in [1.807, 2.05) is 0 Å². The molecule has 0 bridgehead atoms. The van der Waals surface area contributed by atoms with Gasteiger partial charge in [-0.05, 0) is 0 Å². The summed E-state index contributed by atoms with van der Waals surface area (Å²) < 4.78 is 10.5. The van der Waals surface area contributed by atoms with Crippen LogP contribution in [0.4, 0.5) is 4.53 Å². The first-order valence-electron chi connectivity index (χ1n) is 1.26. The first kappa shape index (κ1) is 9.81. The normalized spacial score (nSPS) is 5.86. The molecule has 0 aromatic carbocycles. The number of carbonyl (C=O) groups excluding carboxylic acids is 1. The fraction of sp³-hybridized carbons (Fsp3) is 0. The van der Waals surface area contributed by atoms with Crippen molar-refractivity contribution in [2.24, 2.45) is 0 Å². The van der Waals surface area contributed by atoms with Crippen molar-refractivity contribution >= 4 is 5.97 Å². The number of halogens is 1. The van der Waals surface area contributed by atoms with Crippen molar-refractivity contribution in [3.8, 4) is 0 Å². The second-order valence-corrected chi connectivity index (χ2v) is 0.600. The van der Waals surface area contributed by atoms with Crippen LogP contribution in [0.3, 0.4) is 0 Å². The summed E-state index contributed by atoms with van der Waals surface area (Å²) in [5, 5.41) is 0. The summed E-state index contributed by atoms with van der Waals surface area (Å²) in [5.41, 5.74) is 0. The van der Waals surface area contributed by atoms with E-state index in [9.17, 15) is 9.32 Å². The second-order valence-electron chi connectivity index (χ2n) is 0.600. The van der Waals surface area contributed by atoms with E-state index in [1.54, 1.807) is 0 Å². The summed E-state index contributed by atoms with van der Waals surface area (Å²) in [6, 6.07) is 0. The van der Waals surface area contributed by atoms with Crippen LogP contribution in [0.1, 0.15) is 0 Å². The summed E-state index contributed by atoms with van der Waals surface area (Å²) >= 11 is 0. The van der Waals surface area contributed by atoms with Crippen molar-refractivity contribution in [2.45, 2.75) is 0 Å². The van der Waals surface area contributed by atoms with E-state index in [0.717, 1.165) is 6.08 Å². The molecule has 0 heterocycles. The van der Waals surface area contributed by atoms with Gasteiger partial charge in [0.1, 0.15) is 0 Å². The zero-order chi connectivity index (χ0) is 4.99. The molecule has 0 aromatic heterocycles. The SMILES string of the molecule is C=CC(=O)OF.[Ni]. The van der Waals surface area contributed by atoms with Gasteiger partial charge in [0, 0.05) is 27.1 Å². The molecule has 0 saturated heterocycles. The van der Waals surface area contributed by atoms with Crippen molar-refractivity contribution in [3.63, 3.8) is 0 Å². The minimum Gasteiger partial charge on any atom is -0.250 e. The Morgan fingerprint density at radius 3 is 2.29 bits per heavy atom. The molecule has 0 aliphatic rings. The number of carbonyl (C=O) groups is 1. The topological polar surface area (TPSA) is 26.3 Å². The summed E-state index contributed by atoms with van der Waals surface area (Å²) in [6.45, 7) is 2.92. The molecule has 0 N–H and O–H groups in total. The molecule has 7 heavy (non-hydrogen) atoms. The van der Waals surface area contributed by atoms with Gasteiger partial charge in [0.2, 0.25) is 0 Å². The van der Waals surface area contributed by atoms with Crippen LogP contribution in [0, 0.1) is 0 Å². The van der Waals surface area contributed by atoms with Gasteiger partial charge >= 0.3 is 5.97 Å². The van der Waals surface area contributed by atoms with Gasteiger partial charge in [-0.3, -0.25) is 4.94 Å². The van der Waals surface area contributed by atoms with Crippen LogP contribution in [0.2, 0.25) is 0 Å². The van der Waals surface area contributed by atoms with E-state index < -0.39 is 5.97 Å². The maximum absolute atomic E-state index is 10.5. The van der Waals surface area contributed by atoms with Gasteiger partial charge in [0.25, 0.3) is 0 Å². The number of rotatable bonds is 1. The van der Waals surface area contributed by atoms with E-state index in [-0.39, 0.29) is 16.5 Å². The smallest absolute Gasteiger partial charge is 0.250 e. The Morgan fingerprint density at radius 1 is 1.86 bits per heavy atom. The van der Waals surface area contributed by atoms with Crippen LogP contribution >= 0.6 is 0 Å². The van der Waals surface area contributed by atoms with Crippen LogP contribution in [0.25, 0.3) is 0 Å². The van der Waals surface area contributed by atoms with Crippen LogP contribution in [-0.2, 0) is 26.2 Å². The molecular weight excluding hydrogens is 146 g/mol. The fourth-order valence-electron chi connectivity index (χ4n) is 0.0315.